The highest BCUT2D eigenvalue weighted by atomic mass is 16.5. The van der Waals surface area contributed by atoms with Gasteiger partial charge in [0.15, 0.2) is 0 Å². The Labute approximate surface area is 105 Å². The number of ether oxygens (including phenoxy) is 1. The number of rotatable bonds is 8. The fraction of sp³-hybridized carbons (Fsp3) is 0.923. The number of hydrogen-bond donors (Lipinski definition) is 1. The van der Waals surface area contributed by atoms with Crippen molar-refractivity contribution in [3.05, 3.63) is 0 Å². The van der Waals surface area contributed by atoms with E-state index in [4.69, 9.17) is 5.73 Å². The normalized spacial score (nSPS) is 16.6. The molecule has 0 radical (unpaired) electrons. The predicted octanol–water partition coefficient (Wildman–Crippen LogP) is 1.78. The molecule has 0 spiro atoms. The highest BCUT2D eigenvalue weighted by molar-refractivity contribution is 5.79. The minimum atomic E-state index is -0.844. The number of unbranched alkanes of at least 4 members (excludes halogenated alkanes) is 1. The van der Waals surface area contributed by atoms with Crippen LogP contribution in [0.3, 0.4) is 0 Å². The van der Waals surface area contributed by atoms with E-state index in [-0.39, 0.29) is 5.97 Å². The summed E-state index contributed by atoms with van der Waals surface area (Å²) in [4.78, 5) is 13.7. The Morgan fingerprint density at radius 2 is 2.06 bits per heavy atom. The molecule has 4 nitrogen and oxygen atoms in total. The van der Waals surface area contributed by atoms with E-state index in [9.17, 15) is 4.79 Å². The first-order chi connectivity index (χ1) is 7.85. The van der Waals surface area contributed by atoms with Gasteiger partial charge in [-0.3, -0.25) is 4.79 Å². The van der Waals surface area contributed by atoms with E-state index in [1.54, 1.807) is 6.92 Å². The summed E-state index contributed by atoms with van der Waals surface area (Å²) in [5, 5.41) is 0. The van der Waals surface area contributed by atoms with Crippen LogP contribution in [0.15, 0.2) is 0 Å². The molecule has 0 saturated heterocycles. The quantitative estimate of drug-likeness (QED) is 0.522. The molecule has 102 valence electrons. The third-order valence-corrected chi connectivity index (χ3v) is 3.45. The summed E-state index contributed by atoms with van der Waals surface area (Å²) in [6, 6.07) is 0.611. The Balaban J connectivity index is 3.81. The number of esters is 1. The number of nitrogens with two attached hydrogens (primary N) is 1. The number of carbonyl (C=O) groups excluding carboxylic acids is 1. The summed E-state index contributed by atoms with van der Waals surface area (Å²) in [5.74, 6) is -0.326. The molecule has 2 unspecified atom stereocenters. The Hall–Kier alpha value is -0.610. The topological polar surface area (TPSA) is 55.6 Å². The Bertz CT molecular complexity index is 229. The molecule has 2 N–H and O–H groups in total. The van der Waals surface area contributed by atoms with Gasteiger partial charge in [-0.05, 0) is 53.1 Å². The van der Waals surface area contributed by atoms with Crippen LogP contribution in [-0.2, 0) is 9.53 Å². The lowest BCUT2D eigenvalue weighted by Gasteiger charge is -2.25. The van der Waals surface area contributed by atoms with Crippen molar-refractivity contribution in [2.24, 2.45) is 5.73 Å². The lowest BCUT2D eigenvalue weighted by Crippen LogP contribution is -2.45. The van der Waals surface area contributed by atoms with Gasteiger partial charge < -0.3 is 15.4 Å². The van der Waals surface area contributed by atoms with Gasteiger partial charge in [0, 0.05) is 6.04 Å². The average molecular weight is 244 g/mol. The molecule has 0 aromatic heterocycles. The zero-order valence-corrected chi connectivity index (χ0v) is 12.0. The summed E-state index contributed by atoms with van der Waals surface area (Å²) in [5.41, 5.74) is 5.04. The van der Waals surface area contributed by atoms with E-state index < -0.39 is 5.54 Å². The maximum atomic E-state index is 11.4. The molecule has 0 rings (SSSR count). The standard InChI is InChI=1S/C13H28N2O2/c1-6-11(2)15(4)10-8-7-9-13(3,14)12(16)17-5/h11H,6-10,14H2,1-5H3. The molecule has 0 aromatic rings. The van der Waals surface area contributed by atoms with Gasteiger partial charge in [0.05, 0.1) is 7.11 Å². The average Bonchev–Trinajstić information content (AvgIpc) is 2.31. The van der Waals surface area contributed by atoms with Crippen molar-refractivity contribution in [3.63, 3.8) is 0 Å². The van der Waals surface area contributed by atoms with E-state index in [1.807, 2.05) is 0 Å². The van der Waals surface area contributed by atoms with E-state index in [2.05, 4.69) is 30.5 Å². The zero-order valence-electron chi connectivity index (χ0n) is 12.0. The predicted molar refractivity (Wildman–Crippen MR) is 70.8 cm³/mol. The van der Waals surface area contributed by atoms with Crippen LogP contribution in [0.25, 0.3) is 0 Å². The van der Waals surface area contributed by atoms with Crippen molar-refractivity contribution in [2.75, 3.05) is 20.7 Å². The monoisotopic (exact) mass is 244 g/mol. The first-order valence-electron chi connectivity index (χ1n) is 6.42. The van der Waals surface area contributed by atoms with Gasteiger partial charge in [0.1, 0.15) is 5.54 Å². The van der Waals surface area contributed by atoms with Gasteiger partial charge in [-0.15, -0.1) is 0 Å². The fourth-order valence-corrected chi connectivity index (χ4v) is 1.72. The van der Waals surface area contributed by atoms with Gasteiger partial charge in [0.25, 0.3) is 0 Å². The van der Waals surface area contributed by atoms with Crippen LogP contribution >= 0.6 is 0 Å². The lowest BCUT2D eigenvalue weighted by molar-refractivity contribution is -0.146. The number of methoxy groups -OCH3 is 1. The fourth-order valence-electron chi connectivity index (χ4n) is 1.72. The molecule has 0 aliphatic rings. The maximum Gasteiger partial charge on any atom is 0.325 e. The molecule has 0 aliphatic carbocycles. The van der Waals surface area contributed by atoms with Crippen molar-refractivity contribution in [1.82, 2.24) is 4.90 Å². The maximum absolute atomic E-state index is 11.4. The van der Waals surface area contributed by atoms with Crippen molar-refractivity contribution in [2.45, 2.75) is 58.0 Å². The smallest absolute Gasteiger partial charge is 0.325 e. The first-order valence-corrected chi connectivity index (χ1v) is 6.42. The molecule has 2 atom stereocenters. The molecule has 0 bridgehead atoms. The molecular weight excluding hydrogens is 216 g/mol. The van der Waals surface area contributed by atoms with E-state index in [0.717, 1.165) is 25.8 Å². The van der Waals surface area contributed by atoms with Gasteiger partial charge >= 0.3 is 5.97 Å². The van der Waals surface area contributed by atoms with E-state index >= 15 is 0 Å². The molecule has 17 heavy (non-hydrogen) atoms. The van der Waals surface area contributed by atoms with Crippen molar-refractivity contribution < 1.29 is 9.53 Å². The summed E-state index contributed by atoms with van der Waals surface area (Å²) in [6.45, 7) is 7.19. The molecular formula is C13H28N2O2. The SMILES string of the molecule is CCC(C)N(C)CCCCC(C)(N)C(=O)OC. The van der Waals surface area contributed by atoms with Crippen LogP contribution < -0.4 is 5.73 Å². The largest absolute Gasteiger partial charge is 0.468 e. The second-order valence-corrected chi connectivity index (χ2v) is 5.10. The highest BCUT2D eigenvalue weighted by Crippen LogP contribution is 2.13. The Kier molecular flexibility index (Phi) is 7.39. The molecule has 0 heterocycles. The molecule has 0 aliphatic heterocycles. The summed E-state index contributed by atoms with van der Waals surface area (Å²) in [7, 11) is 3.51. The molecule has 4 heteroatoms. The lowest BCUT2D eigenvalue weighted by atomic mass is 9.96. The third-order valence-electron chi connectivity index (χ3n) is 3.45. The third kappa shape index (κ3) is 6.03. The second-order valence-electron chi connectivity index (χ2n) is 5.10. The van der Waals surface area contributed by atoms with Crippen LogP contribution in [0, 0.1) is 0 Å². The summed E-state index contributed by atoms with van der Waals surface area (Å²) < 4.78 is 4.67. The zero-order chi connectivity index (χ0) is 13.5. The number of nitrogens with zero attached hydrogens (tertiary/aromatic N) is 1. The van der Waals surface area contributed by atoms with Crippen LogP contribution in [-0.4, -0.2) is 43.2 Å². The van der Waals surface area contributed by atoms with Gasteiger partial charge in [0.2, 0.25) is 0 Å². The van der Waals surface area contributed by atoms with Crippen LogP contribution in [0.5, 0.6) is 0 Å². The molecule has 0 aromatic carbocycles. The van der Waals surface area contributed by atoms with E-state index in [0.29, 0.717) is 12.5 Å². The van der Waals surface area contributed by atoms with Crippen molar-refractivity contribution in [3.8, 4) is 0 Å². The molecule has 0 amide bonds. The van der Waals surface area contributed by atoms with Gasteiger partial charge in [-0.2, -0.15) is 0 Å². The highest BCUT2D eigenvalue weighted by Gasteiger charge is 2.28. The summed E-state index contributed by atoms with van der Waals surface area (Å²) >= 11 is 0. The molecule has 0 saturated carbocycles. The van der Waals surface area contributed by atoms with E-state index in [1.165, 1.54) is 7.11 Å². The second kappa shape index (κ2) is 7.67. The minimum absolute atomic E-state index is 0.326. The molecule has 0 fully saturated rings. The van der Waals surface area contributed by atoms with Gasteiger partial charge in [-0.25, -0.2) is 0 Å². The summed E-state index contributed by atoms with van der Waals surface area (Å²) in [6.07, 6.45) is 3.84. The Morgan fingerprint density at radius 1 is 1.47 bits per heavy atom. The minimum Gasteiger partial charge on any atom is -0.468 e. The van der Waals surface area contributed by atoms with Crippen LogP contribution in [0.1, 0.15) is 46.5 Å². The Morgan fingerprint density at radius 3 is 2.53 bits per heavy atom. The number of hydrogen-bond acceptors (Lipinski definition) is 4. The van der Waals surface area contributed by atoms with Crippen LogP contribution in [0.2, 0.25) is 0 Å². The number of carbonyl (C=O) groups is 1. The van der Waals surface area contributed by atoms with Crippen molar-refractivity contribution >= 4 is 5.97 Å². The first kappa shape index (κ1) is 16.4. The van der Waals surface area contributed by atoms with Crippen LogP contribution in [0.4, 0.5) is 0 Å². The van der Waals surface area contributed by atoms with Crippen molar-refractivity contribution in [1.29, 1.82) is 0 Å². The van der Waals surface area contributed by atoms with Gasteiger partial charge in [-0.1, -0.05) is 6.92 Å².